The molecule has 0 aliphatic carbocycles. The van der Waals surface area contributed by atoms with Gasteiger partial charge in [-0.1, -0.05) is 6.07 Å². The Morgan fingerprint density at radius 2 is 1.88 bits per heavy atom. The number of fused-ring (bicyclic) bond motifs is 1. The van der Waals surface area contributed by atoms with E-state index < -0.39 is 0 Å². The molecule has 24 heavy (non-hydrogen) atoms. The lowest BCUT2D eigenvalue weighted by Crippen LogP contribution is -1.98. The van der Waals surface area contributed by atoms with Crippen molar-refractivity contribution in [2.45, 2.75) is 6.54 Å². The lowest BCUT2D eigenvalue weighted by molar-refractivity contribution is 0.622. The fourth-order valence-corrected chi connectivity index (χ4v) is 2.71. The van der Waals surface area contributed by atoms with Gasteiger partial charge < -0.3 is 5.73 Å². The van der Waals surface area contributed by atoms with Crippen LogP contribution in [-0.4, -0.2) is 19.6 Å². The number of nitrogens with two attached hydrogens (primary N) is 1. The van der Waals surface area contributed by atoms with Crippen molar-refractivity contribution in [3.8, 4) is 22.5 Å². The molecule has 0 unspecified atom stereocenters. The molecule has 0 saturated carbocycles. The van der Waals surface area contributed by atoms with Crippen LogP contribution in [0.2, 0.25) is 0 Å². The Labute approximate surface area is 137 Å². The average molecular weight is 319 g/mol. The van der Waals surface area contributed by atoms with E-state index in [0.29, 0.717) is 17.9 Å². The second kappa shape index (κ2) is 5.82. The molecule has 0 aliphatic heterocycles. The summed E-state index contributed by atoms with van der Waals surface area (Å²) in [6, 6.07) is 10.8. The molecule has 4 rings (SSSR count). The molecule has 0 aliphatic rings. The Hall–Kier alpha value is -3.12. The first-order chi connectivity index (χ1) is 11.8. The number of pyridine rings is 3. The van der Waals surface area contributed by atoms with Crippen molar-refractivity contribution < 1.29 is 4.39 Å². The fraction of sp³-hybridized carbons (Fsp3) is 0.0556. The molecule has 0 fully saturated rings. The van der Waals surface area contributed by atoms with Crippen LogP contribution in [-0.2, 0) is 6.54 Å². The van der Waals surface area contributed by atoms with Crippen molar-refractivity contribution >= 4 is 5.52 Å². The van der Waals surface area contributed by atoms with E-state index in [-0.39, 0.29) is 5.82 Å². The molecular formula is C18H14FN5. The van der Waals surface area contributed by atoms with Crippen LogP contribution >= 0.6 is 0 Å². The zero-order chi connectivity index (χ0) is 16.5. The van der Waals surface area contributed by atoms with Gasteiger partial charge in [-0.15, -0.1) is 0 Å². The van der Waals surface area contributed by atoms with Gasteiger partial charge in [0, 0.05) is 30.7 Å². The first kappa shape index (κ1) is 14.5. The summed E-state index contributed by atoms with van der Waals surface area (Å²) < 4.78 is 15.0. The molecule has 0 aromatic carbocycles. The molecule has 0 amide bonds. The van der Waals surface area contributed by atoms with Crippen LogP contribution in [0.1, 0.15) is 5.56 Å². The molecule has 0 atom stereocenters. The SMILES string of the molecule is NCc1ccc2c(-c3ccncc3)c(-c3ccc(F)cn3)nn2c1. The van der Waals surface area contributed by atoms with Crippen molar-refractivity contribution in [1.29, 1.82) is 0 Å². The predicted octanol–water partition coefficient (Wildman–Crippen LogP) is 3.06. The zero-order valence-electron chi connectivity index (χ0n) is 12.7. The molecular weight excluding hydrogens is 305 g/mol. The van der Waals surface area contributed by atoms with Gasteiger partial charge in [0.05, 0.1) is 17.4 Å². The van der Waals surface area contributed by atoms with E-state index in [9.17, 15) is 4.39 Å². The van der Waals surface area contributed by atoms with Crippen molar-refractivity contribution in [3.63, 3.8) is 0 Å². The van der Waals surface area contributed by atoms with Crippen LogP contribution in [0.4, 0.5) is 4.39 Å². The summed E-state index contributed by atoms with van der Waals surface area (Å²) in [5, 5.41) is 4.65. The van der Waals surface area contributed by atoms with E-state index in [4.69, 9.17) is 5.73 Å². The molecule has 5 nitrogen and oxygen atoms in total. The Kier molecular flexibility index (Phi) is 3.51. The number of hydrogen-bond donors (Lipinski definition) is 1. The van der Waals surface area contributed by atoms with Gasteiger partial charge in [-0.3, -0.25) is 9.97 Å². The van der Waals surface area contributed by atoms with Crippen molar-refractivity contribution in [3.05, 3.63) is 72.6 Å². The van der Waals surface area contributed by atoms with E-state index in [2.05, 4.69) is 15.1 Å². The normalized spacial score (nSPS) is 11.1. The number of halogens is 1. The zero-order valence-corrected chi connectivity index (χ0v) is 12.7. The average Bonchev–Trinajstić information content (AvgIpc) is 3.01. The second-order valence-electron chi connectivity index (χ2n) is 5.39. The summed E-state index contributed by atoms with van der Waals surface area (Å²) in [6.07, 6.45) is 6.55. The monoisotopic (exact) mass is 319 g/mol. The second-order valence-corrected chi connectivity index (χ2v) is 5.39. The summed E-state index contributed by atoms with van der Waals surface area (Å²) in [5.74, 6) is -0.376. The Bertz CT molecular complexity index is 993. The molecule has 4 aromatic heterocycles. The van der Waals surface area contributed by atoms with E-state index in [1.54, 1.807) is 23.0 Å². The molecule has 4 aromatic rings. The number of rotatable bonds is 3. The van der Waals surface area contributed by atoms with Gasteiger partial charge in [-0.05, 0) is 41.5 Å². The molecule has 4 heterocycles. The van der Waals surface area contributed by atoms with Crippen molar-refractivity contribution in [2.24, 2.45) is 5.73 Å². The van der Waals surface area contributed by atoms with Gasteiger partial charge in [0.2, 0.25) is 0 Å². The summed E-state index contributed by atoms with van der Waals surface area (Å²) in [4.78, 5) is 8.25. The third-order valence-corrected chi connectivity index (χ3v) is 3.87. The minimum Gasteiger partial charge on any atom is -0.326 e. The smallest absolute Gasteiger partial charge is 0.141 e. The van der Waals surface area contributed by atoms with E-state index in [0.717, 1.165) is 22.2 Å². The maximum absolute atomic E-state index is 13.2. The van der Waals surface area contributed by atoms with Crippen molar-refractivity contribution in [2.75, 3.05) is 0 Å². The van der Waals surface area contributed by atoms with Gasteiger partial charge in [0.15, 0.2) is 0 Å². The molecule has 6 heteroatoms. The van der Waals surface area contributed by atoms with Crippen LogP contribution in [0.25, 0.3) is 28.0 Å². The van der Waals surface area contributed by atoms with Crippen LogP contribution in [0.5, 0.6) is 0 Å². The van der Waals surface area contributed by atoms with Gasteiger partial charge in [0.1, 0.15) is 11.5 Å². The first-order valence-corrected chi connectivity index (χ1v) is 7.50. The summed E-state index contributed by atoms with van der Waals surface area (Å²) in [6.45, 7) is 0.435. The van der Waals surface area contributed by atoms with Crippen molar-refractivity contribution in [1.82, 2.24) is 19.6 Å². The lowest BCUT2D eigenvalue weighted by atomic mass is 10.0. The highest BCUT2D eigenvalue weighted by molar-refractivity contribution is 5.91. The van der Waals surface area contributed by atoms with Gasteiger partial charge in [0.25, 0.3) is 0 Å². The lowest BCUT2D eigenvalue weighted by Gasteiger charge is -2.03. The number of aromatic nitrogens is 4. The molecule has 0 bridgehead atoms. The van der Waals surface area contributed by atoms with E-state index >= 15 is 0 Å². The van der Waals surface area contributed by atoms with E-state index in [1.165, 1.54) is 12.3 Å². The maximum atomic E-state index is 13.2. The first-order valence-electron chi connectivity index (χ1n) is 7.50. The number of nitrogens with zero attached hydrogens (tertiary/aromatic N) is 4. The summed E-state index contributed by atoms with van der Waals surface area (Å²) >= 11 is 0. The van der Waals surface area contributed by atoms with Crippen LogP contribution in [0, 0.1) is 5.82 Å². The summed E-state index contributed by atoms with van der Waals surface area (Å²) in [5.41, 5.74) is 10.8. The largest absolute Gasteiger partial charge is 0.326 e. The number of hydrogen-bond acceptors (Lipinski definition) is 4. The quantitative estimate of drug-likeness (QED) is 0.630. The van der Waals surface area contributed by atoms with Crippen LogP contribution in [0.3, 0.4) is 0 Å². The maximum Gasteiger partial charge on any atom is 0.141 e. The molecule has 0 saturated heterocycles. The molecule has 0 radical (unpaired) electrons. The minimum absolute atomic E-state index is 0.376. The molecule has 118 valence electrons. The highest BCUT2D eigenvalue weighted by Crippen LogP contribution is 2.34. The highest BCUT2D eigenvalue weighted by Gasteiger charge is 2.17. The van der Waals surface area contributed by atoms with Crippen LogP contribution in [0.15, 0.2) is 61.2 Å². The Morgan fingerprint density at radius 1 is 1.04 bits per heavy atom. The predicted molar refractivity (Wildman–Crippen MR) is 89.5 cm³/mol. The molecule has 0 spiro atoms. The van der Waals surface area contributed by atoms with Gasteiger partial charge in [-0.2, -0.15) is 5.10 Å². The Balaban J connectivity index is 2.02. The highest BCUT2D eigenvalue weighted by atomic mass is 19.1. The topological polar surface area (TPSA) is 69.1 Å². The third kappa shape index (κ3) is 2.43. The minimum atomic E-state index is -0.376. The Morgan fingerprint density at radius 3 is 2.58 bits per heavy atom. The molecule has 2 N–H and O–H groups in total. The summed E-state index contributed by atoms with van der Waals surface area (Å²) in [7, 11) is 0. The fourth-order valence-electron chi connectivity index (χ4n) is 2.71. The van der Waals surface area contributed by atoms with Crippen LogP contribution < -0.4 is 5.73 Å². The standard InChI is InChI=1S/C18H14FN5/c19-14-2-3-15(22-10-14)18-17(13-5-7-21-8-6-13)16-4-1-12(9-20)11-24(16)23-18/h1-8,10-11H,9,20H2. The van der Waals surface area contributed by atoms with Gasteiger partial charge >= 0.3 is 0 Å². The van der Waals surface area contributed by atoms with E-state index in [1.807, 2.05) is 30.5 Å². The third-order valence-electron chi connectivity index (χ3n) is 3.87. The van der Waals surface area contributed by atoms with Gasteiger partial charge in [-0.25, -0.2) is 8.91 Å².